The van der Waals surface area contributed by atoms with Crippen molar-refractivity contribution in [1.82, 2.24) is 42.5 Å². The number of carbonyl (C=O) groups is 11. The fourth-order valence-corrected chi connectivity index (χ4v) is 5.51. The van der Waals surface area contributed by atoms with Crippen LogP contribution in [0.4, 0.5) is 0 Å². The number of phenols is 1. The fraction of sp³-hybridized carbons (Fsp3) is 0.514. The Labute approximate surface area is 346 Å². The first-order valence-electron chi connectivity index (χ1n) is 18.5. The molecule has 0 spiro atoms. The topological polar surface area (TPSA) is 437 Å². The van der Waals surface area contributed by atoms with Gasteiger partial charge in [0.15, 0.2) is 0 Å². The van der Waals surface area contributed by atoms with E-state index in [0.29, 0.717) is 0 Å². The molecule has 10 amide bonds. The summed E-state index contributed by atoms with van der Waals surface area (Å²) in [6, 6.07) is -7.67. The van der Waals surface area contributed by atoms with Crippen molar-refractivity contribution < 1.29 is 78.3 Å². The number of carbonyl (C=O) groups excluding carboxylic acids is 10. The number of nitrogens with two attached hydrogens (primary N) is 2. The van der Waals surface area contributed by atoms with Crippen LogP contribution >= 0.6 is 0 Å². The molecule has 336 valence electrons. The maximum absolute atomic E-state index is 13.8. The van der Waals surface area contributed by atoms with Gasteiger partial charge in [0.25, 0.3) is 0 Å². The number of hydrogen-bond acceptors (Lipinski definition) is 15. The predicted octanol–water partition coefficient (Wildman–Crippen LogP) is -8.17. The quantitative estimate of drug-likeness (QED) is 0.0928. The smallest absolute Gasteiger partial charge is 0.305 e. The number of aromatic hydroxyl groups is 1. The van der Waals surface area contributed by atoms with Crippen LogP contribution in [0.2, 0.25) is 0 Å². The molecule has 8 atom stereocenters. The minimum absolute atomic E-state index is 0.178. The van der Waals surface area contributed by atoms with Gasteiger partial charge < -0.3 is 79.5 Å². The number of aliphatic hydroxyl groups excluding tert-OH is 3. The Hall–Kier alpha value is -6.93. The van der Waals surface area contributed by atoms with Crippen LogP contribution < -0.4 is 54.0 Å². The zero-order chi connectivity index (χ0) is 46.0. The van der Waals surface area contributed by atoms with Crippen LogP contribution in [0.15, 0.2) is 24.3 Å². The normalized spacial score (nSPS) is 25.0. The van der Waals surface area contributed by atoms with Crippen molar-refractivity contribution in [3.63, 3.8) is 0 Å². The average molecular weight is 867 g/mol. The number of primary amides is 2. The number of rotatable bonds is 12. The second kappa shape index (κ2) is 24.2. The van der Waals surface area contributed by atoms with E-state index in [9.17, 15) is 78.3 Å². The van der Waals surface area contributed by atoms with Gasteiger partial charge in [0.1, 0.15) is 48.0 Å². The van der Waals surface area contributed by atoms with Crippen molar-refractivity contribution in [3.05, 3.63) is 29.8 Å². The van der Waals surface area contributed by atoms with Gasteiger partial charge >= 0.3 is 5.97 Å². The van der Waals surface area contributed by atoms with Gasteiger partial charge in [0, 0.05) is 25.8 Å². The number of carboxylic acids is 1. The number of hydrogen-bond donors (Lipinski definition) is 15. The largest absolute Gasteiger partial charge is 0.508 e. The van der Waals surface area contributed by atoms with E-state index in [2.05, 4.69) is 42.5 Å². The first kappa shape index (κ1) is 50.2. The van der Waals surface area contributed by atoms with Crippen LogP contribution in [0.1, 0.15) is 44.6 Å². The van der Waals surface area contributed by atoms with E-state index in [1.807, 2.05) is 0 Å². The van der Waals surface area contributed by atoms with E-state index < -0.39 is 172 Å². The number of nitrogens with one attached hydrogen (secondary N) is 8. The number of aliphatic hydroxyl groups is 3. The van der Waals surface area contributed by atoms with Crippen molar-refractivity contribution >= 4 is 65.0 Å². The summed E-state index contributed by atoms with van der Waals surface area (Å²) in [6.45, 7) is -1.73. The van der Waals surface area contributed by atoms with E-state index in [1.165, 1.54) is 24.3 Å². The average Bonchev–Trinajstić information content (AvgIpc) is 3.18. The Morgan fingerprint density at radius 2 is 1.10 bits per heavy atom. The second-order valence-corrected chi connectivity index (χ2v) is 13.7. The molecule has 0 radical (unpaired) electrons. The first-order chi connectivity index (χ1) is 28.6. The maximum Gasteiger partial charge on any atom is 0.305 e. The van der Waals surface area contributed by atoms with Gasteiger partial charge in [0.2, 0.25) is 59.1 Å². The molecule has 61 heavy (non-hydrogen) atoms. The molecule has 1 aromatic rings. The van der Waals surface area contributed by atoms with Gasteiger partial charge in [-0.15, -0.1) is 0 Å². The third kappa shape index (κ3) is 17.1. The molecule has 1 saturated heterocycles. The molecule has 26 heteroatoms. The molecule has 0 aromatic heterocycles. The van der Waals surface area contributed by atoms with E-state index in [1.54, 1.807) is 0 Å². The van der Waals surface area contributed by atoms with E-state index in [4.69, 9.17) is 11.5 Å². The maximum atomic E-state index is 13.8. The first-order valence-corrected chi connectivity index (χ1v) is 18.5. The SMILES string of the molecule is C[C@@H](O)[C@@H]1NC(=O)C(CO)NC(=O)[C@H](CCC(N)=O)NC(=O)C(CO)NC(=O)C(CC(N)=O)NC(=O)[C@@H](Cc2ccc(O)cc2)NC(=O)C(CC(=O)O)NC(=O)CCNC1=O. The summed E-state index contributed by atoms with van der Waals surface area (Å²) >= 11 is 0. The van der Waals surface area contributed by atoms with Crippen molar-refractivity contribution in [2.24, 2.45) is 11.5 Å². The van der Waals surface area contributed by atoms with Crippen molar-refractivity contribution in [2.45, 2.75) is 93.8 Å². The van der Waals surface area contributed by atoms with Gasteiger partial charge in [-0.05, 0) is 31.0 Å². The van der Waals surface area contributed by atoms with Crippen LogP contribution in [-0.4, -0.2) is 159 Å². The molecule has 26 nitrogen and oxygen atoms in total. The highest BCUT2D eigenvalue weighted by molar-refractivity contribution is 5.99. The Morgan fingerprint density at radius 3 is 1.61 bits per heavy atom. The number of carboxylic acid groups (broad SMARTS) is 1. The molecule has 1 heterocycles. The molecule has 1 aromatic carbocycles. The van der Waals surface area contributed by atoms with Crippen molar-refractivity contribution in [3.8, 4) is 5.75 Å². The molecule has 1 fully saturated rings. The molecule has 1 aliphatic rings. The lowest BCUT2D eigenvalue weighted by molar-refractivity contribution is -0.141. The van der Waals surface area contributed by atoms with Gasteiger partial charge in [0.05, 0.1) is 32.2 Å². The van der Waals surface area contributed by atoms with E-state index in [-0.39, 0.29) is 11.3 Å². The number of benzene rings is 1. The minimum Gasteiger partial charge on any atom is -0.508 e. The minimum atomic E-state index is -1.95. The molecule has 0 aliphatic carbocycles. The Bertz CT molecular complexity index is 1810. The zero-order valence-electron chi connectivity index (χ0n) is 32.7. The number of amides is 10. The summed E-state index contributed by atoms with van der Waals surface area (Å²) in [5.41, 5.74) is 10.8. The highest BCUT2D eigenvalue weighted by atomic mass is 16.4. The summed E-state index contributed by atoms with van der Waals surface area (Å²) in [5, 5.41) is 66.8. The molecule has 0 saturated carbocycles. The summed E-state index contributed by atoms with van der Waals surface area (Å²) in [4.78, 5) is 142. The zero-order valence-corrected chi connectivity index (χ0v) is 32.7. The van der Waals surface area contributed by atoms with E-state index in [0.717, 1.165) is 6.92 Å². The van der Waals surface area contributed by atoms with Crippen LogP contribution in [0.3, 0.4) is 0 Å². The molecule has 0 bridgehead atoms. The van der Waals surface area contributed by atoms with Crippen LogP contribution in [0, 0.1) is 0 Å². The predicted molar refractivity (Wildman–Crippen MR) is 203 cm³/mol. The summed E-state index contributed by atoms with van der Waals surface area (Å²) in [7, 11) is 0. The molecular weight excluding hydrogens is 816 g/mol. The third-order valence-electron chi connectivity index (χ3n) is 8.74. The van der Waals surface area contributed by atoms with Crippen LogP contribution in [0.25, 0.3) is 0 Å². The van der Waals surface area contributed by atoms with Crippen molar-refractivity contribution in [2.75, 3.05) is 19.8 Å². The highest BCUT2D eigenvalue weighted by Gasteiger charge is 2.35. The Kier molecular flexibility index (Phi) is 19.9. The van der Waals surface area contributed by atoms with Gasteiger partial charge in [-0.1, -0.05) is 12.1 Å². The Balaban J connectivity index is 2.64. The summed E-state index contributed by atoms with van der Waals surface area (Å²) in [6.07, 6.45) is -5.68. The van der Waals surface area contributed by atoms with Gasteiger partial charge in [-0.3, -0.25) is 52.7 Å². The van der Waals surface area contributed by atoms with Gasteiger partial charge in [-0.2, -0.15) is 0 Å². The molecule has 17 N–H and O–H groups in total. The molecular formula is C35H50N10O16. The second-order valence-electron chi connectivity index (χ2n) is 13.7. The monoisotopic (exact) mass is 866 g/mol. The number of aliphatic carboxylic acids is 1. The summed E-state index contributed by atoms with van der Waals surface area (Å²) < 4.78 is 0. The molecule has 1 aliphatic heterocycles. The number of phenolic OH excluding ortho intramolecular Hbond substituents is 1. The van der Waals surface area contributed by atoms with Crippen LogP contribution in [0.5, 0.6) is 5.75 Å². The molecule has 4 unspecified atom stereocenters. The lowest BCUT2D eigenvalue weighted by Gasteiger charge is -2.27. The van der Waals surface area contributed by atoms with Crippen LogP contribution in [-0.2, 0) is 59.2 Å². The standard InChI is InChI=1S/C35H50N10O16/c1-15(48)28-35(61)38-9-8-26(52)39-21(12-27(53)54)32(58)41-19(10-16-2-4-17(49)5-3-16)30(56)42-20(11-25(37)51)31(57)44-22(13-46)33(59)40-18(6-7-24(36)50)29(55)43-23(14-47)34(60)45-28/h2-5,15,18-23,28,46-49H,6-14H2,1H3,(H2,36,50)(H2,37,51)(H,38,61)(H,39,52)(H,40,59)(H,41,58)(H,42,56)(H,43,55)(H,44,57)(H,45,60)(H,53,54)/t15-,18+,19-,20?,21?,22?,23?,28+/m1/s1. The lowest BCUT2D eigenvalue weighted by atomic mass is 10.0. The lowest BCUT2D eigenvalue weighted by Crippen LogP contribution is -2.61. The van der Waals surface area contributed by atoms with Crippen molar-refractivity contribution in [1.29, 1.82) is 0 Å². The summed E-state index contributed by atoms with van der Waals surface area (Å²) in [5.74, 6) is -13.5. The van der Waals surface area contributed by atoms with E-state index >= 15 is 0 Å². The third-order valence-corrected chi connectivity index (χ3v) is 8.74. The fourth-order valence-electron chi connectivity index (χ4n) is 5.51. The van der Waals surface area contributed by atoms with Gasteiger partial charge in [-0.25, -0.2) is 0 Å². The Morgan fingerprint density at radius 1 is 0.639 bits per heavy atom. The highest BCUT2D eigenvalue weighted by Crippen LogP contribution is 2.13. The molecule has 2 rings (SSSR count).